The highest BCUT2D eigenvalue weighted by Gasteiger charge is 2.18. The second-order valence-corrected chi connectivity index (χ2v) is 4.74. The fourth-order valence-electron chi connectivity index (χ4n) is 2.37. The van der Waals surface area contributed by atoms with Crippen molar-refractivity contribution in [2.45, 2.75) is 25.4 Å². The van der Waals surface area contributed by atoms with Crippen LogP contribution in [0.3, 0.4) is 0 Å². The molecule has 0 atom stereocenters. The second-order valence-electron chi connectivity index (χ2n) is 4.30. The number of nitrogens with one attached hydrogen (secondary N) is 1. The average Bonchev–Trinajstić information content (AvgIpc) is 2.33. The summed E-state index contributed by atoms with van der Waals surface area (Å²) >= 11 is 6.08. The molecular formula is C13H18ClNO. The van der Waals surface area contributed by atoms with Crippen LogP contribution in [0.25, 0.3) is 0 Å². The number of benzene rings is 1. The van der Waals surface area contributed by atoms with E-state index in [2.05, 4.69) is 17.4 Å². The molecule has 88 valence electrons. The Morgan fingerprint density at radius 3 is 2.81 bits per heavy atom. The van der Waals surface area contributed by atoms with Gasteiger partial charge in [-0.15, -0.1) is 0 Å². The highest BCUT2D eigenvalue weighted by molar-refractivity contribution is 6.30. The molecule has 1 saturated heterocycles. The van der Waals surface area contributed by atoms with E-state index in [1.54, 1.807) is 7.11 Å². The second kappa shape index (κ2) is 5.67. The van der Waals surface area contributed by atoms with Gasteiger partial charge in [0.2, 0.25) is 0 Å². The van der Waals surface area contributed by atoms with Crippen LogP contribution in [-0.2, 0) is 11.3 Å². The van der Waals surface area contributed by atoms with Crippen molar-refractivity contribution in [3.05, 3.63) is 34.3 Å². The predicted octanol–water partition coefficient (Wildman–Crippen LogP) is 2.95. The minimum absolute atomic E-state index is 0.630. The fraction of sp³-hybridized carbons (Fsp3) is 0.538. The van der Waals surface area contributed by atoms with E-state index in [9.17, 15) is 0 Å². The van der Waals surface area contributed by atoms with E-state index in [4.69, 9.17) is 16.3 Å². The molecule has 1 aliphatic rings. The van der Waals surface area contributed by atoms with Gasteiger partial charge in [-0.2, -0.15) is 0 Å². The van der Waals surface area contributed by atoms with Crippen molar-refractivity contribution in [1.82, 2.24) is 5.32 Å². The molecule has 0 aromatic heterocycles. The van der Waals surface area contributed by atoms with Crippen LogP contribution in [0.15, 0.2) is 18.2 Å². The van der Waals surface area contributed by atoms with E-state index in [-0.39, 0.29) is 0 Å². The van der Waals surface area contributed by atoms with Crippen LogP contribution < -0.4 is 5.32 Å². The van der Waals surface area contributed by atoms with Crippen molar-refractivity contribution < 1.29 is 4.74 Å². The summed E-state index contributed by atoms with van der Waals surface area (Å²) in [4.78, 5) is 0. The van der Waals surface area contributed by atoms with Crippen LogP contribution in [0.4, 0.5) is 0 Å². The largest absolute Gasteiger partial charge is 0.380 e. The molecule has 0 unspecified atom stereocenters. The highest BCUT2D eigenvalue weighted by atomic mass is 35.5. The van der Waals surface area contributed by atoms with Crippen LogP contribution in [0.1, 0.15) is 29.9 Å². The van der Waals surface area contributed by atoms with E-state index in [0.29, 0.717) is 12.5 Å². The fourth-order valence-corrected chi connectivity index (χ4v) is 2.55. The molecule has 1 heterocycles. The lowest BCUT2D eigenvalue weighted by Crippen LogP contribution is -2.27. The molecule has 1 aromatic rings. The van der Waals surface area contributed by atoms with Crippen molar-refractivity contribution in [2.75, 3.05) is 20.2 Å². The van der Waals surface area contributed by atoms with Gasteiger partial charge < -0.3 is 10.1 Å². The Kier molecular flexibility index (Phi) is 4.22. The van der Waals surface area contributed by atoms with E-state index >= 15 is 0 Å². The third kappa shape index (κ3) is 2.76. The maximum atomic E-state index is 6.08. The third-order valence-corrected chi connectivity index (χ3v) is 3.42. The van der Waals surface area contributed by atoms with Crippen LogP contribution in [0.2, 0.25) is 5.02 Å². The maximum Gasteiger partial charge on any atom is 0.0715 e. The minimum atomic E-state index is 0.630. The maximum absolute atomic E-state index is 6.08. The van der Waals surface area contributed by atoms with E-state index < -0.39 is 0 Å². The summed E-state index contributed by atoms with van der Waals surface area (Å²) in [6, 6.07) is 6.13. The molecule has 0 aliphatic carbocycles. The monoisotopic (exact) mass is 239 g/mol. The van der Waals surface area contributed by atoms with Crippen molar-refractivity contribution in [1.29, 1.82) is 0 Å². The van der Waals surface area contributed by atoms with E-state index in [1.165, 1.54) is 24.0 Å². The first-order valence-corrected chi connectivity index (χ1v) is 6.17. The number of hydrogen-bond acceptors (Lipinski definition) is 2. The highest BCUT2D eigenvalue weighted by Crippen LogP contribution is 2.30. The van der Waals surface area contributed by atoms with Gasteiger partial charge in [-0.25, -0.2) is 0 Å². The zero-order valence-corrected chi connectivity index (χ0v) is 10.4. The summed E-state index contributed by atoms with van der Waals surface area (Å²) < 4.78 is 5.24. The molecule has 0 amide bonds. The van der Waals surface area contributed by atoms with Gasteiger partial charge in [-0.05, 0) is 55.1 Å². The lowest BCUT2D eigenvalue weighted by molar-refractivity contribution is 0.183. The zero-order chi connectivity index (χ0) is 11.4. The average molecular weight is 240 g/mol. The lowest BCUT2D eigenvalue weighted by Gasteiger charge is -2.25. The zero-order valence-electron chi connectivity index (χ0n) is 9.63. The molecule has 0 spiro atoms. The summed E-state index contributed by atoms with van der Waals surface area (Å²) in [6.07, 6.45) is 2.38. The van der Waals surface area contributed by atoms with E-state index in [0.717, 1.165) is 18.1 Å². The van der Waals surface area contributed by atoms with Gasteiger partial charge in [0.15, 0.2) is 0 Å². The molecule has 0 radical (unpaired) electrons. The Bertz CT molecular complexity index is 348. The normalized spacial score (nSPS) is 17.6. The Morgan fingerprint density at radius 1 is 1.38 bits per heavy atom. The number of halogens is 1. The molecule has 0 bridgehead atoms. The van der Waals surface area contributed by atoms with Gasteiger partial charge in [0.05, 0.1) is 6.61 Å². The lowest BCUT2D eigenvalue weighted by atomic mass is 9.87. The van der Waals surface area contributed by atoms with E-state index in [1.807, 2.05) is 6.07 Å². The first-order chi connectivity index (χ1) is 7.81. The van der Waals surface area contributed by atoms with Gasteiger partial charge in [0.1, 0.15) is 0 Å². The molecule has 1 fully saturated rings. The molecule has 1 aliphatic heterocycles. The number of methoxy groups -OCH3 is 1. The van der Waals surface area contributed by atoms with Crippen LogP contribution >= 0.6 is 11.6 Å². The molecule has 3 heteroatoms. The number of piperidine rings is 1. The van der Waals surface area contributed by atoms with Crippen molar-refractivity contribution >= 4 is 11.6 Å². The minimum Gasteiger partial charge on any atom is -0.380 e. The summed E-state index contributed by atoms with van der Waals surface area (Å²) in [6.45, 7) is 2.88. The summed E-state index contributed by atoms with van der Waals surface area (Å²) in [7, 11) is 1.74. The topological polar surface area (TPSA) is 21.3 Å². The van der Waals surface area contributed by atoms with Gasteiger partial charge >= 0.3 is 0 Å². The Labute approximate surface area is 102 Å². The Hall–Kier alpha value is -0.570. The third-order valence-electron chi connectivity index (χ3n) is 3.19. The van der Waals surface area contributed by atoms with Gasteiger partial charge in [0.25, 0.3) is 0 Å². The van der Waals surface area contributed by atoms with Crippen molar-refractivity contribution in [3.8, 4) is 0 Å². The Balaban J connectivity index is 2.24. The smallest absolute Gasteiger partial charge is 0.0715 e. The number of ether oxygens (including phenoxy) is 1. The van der Waals surface area contributed by atoms with Crippen molar-refractivity contribution in [2.24, 2.45) is 0 Å². The van der Waals surface area contributed by atoms with Crippen LogP contribution in [-0.4, -0.2) is 20.2 Å². The first kappa shape index (κ1) is 11.9. The standard InChI is InChI=1S/C13H18ClNO/c1-16-9-11-2-3-12(14)8-13(11)10-4-6-15-7-5-10/h2-3,8,10,15H,4-7,9H2,1H3. The molecule has 1 aromatic carbocycles. The van der Waals surface area contributed by atoms with Gasteiger partial charge in [-0.1, -0.05) is 17.7 Å². The Morgan fingerprint density at radius 2 is 2.12 bits per heavy atom. The summed E-state index contributed by atoms with van der Waals surface area (Å²) in [5.74, 6) is 0.630. The van der Waals surface area contributed by atoms with Crippen LogP contribution in [0.5, 0.6) is 0 Å². The quantitative estimate of drug-likeness (QED) is 0.876. The molecule has 16 heavy (non-hydrogen) atoms. The first-order valence-electron chi connectivity index (χ1n) is 5.79. The van der Waals surface area contributed by atoms with Crippen molar-refractivity contribution in [3.63, 3.8) is 0 Å². The molecule has 2 nitrogen and oxygen atoms in total. The van der Waals surface area contributed by atoms with Crippen LogP contribution in [0, 0.1) is 0 Å². The molecular weight excluding hydrogens is 222 g/mol. The number of rotatable bonds is 3. The summed E-state index contributed by atoms with van der Waals surface area (Å²) in [5, 5.41) is 4.21. The predicted molar refractivity (Wildman–Crippen MR) is 67.0 cm³/mol. The SMILES string of the molecule is COCc1ccc(Cl)cc1C1CCNCC1. The molecule has 0 saturated carbocycles. The number of hydrogen-bond donors (Lipinski definition) is 1. The van der Waals surface area contributed by atoms with Gasteiger partial charge in [0, 0.05) is 12.1 Å². The molecule has 2 rings (SSSR count). The molecule has 1 N–H and O–H groups in total. The summed E-state index contributed by atoms with van der Waals surface area (Å²) in [5.41, 5.74) is 2.65. The van der Waals surface area contributed by atoms with Gasteiger partial charge in [-0.3, -0.25) is 0 Å².